The number of carbonyl (C=O) groups is 1. The molecule has 5 heteroatoms. The van der Waals surface area contributed by atoms with Gasteiger partial charge in [0.15, 0.2) is 11.6 Å². The maximum Gasteiger partial charge on any atom is 0.230 e. The van der Waals surface area contributed by atoms with Gasteiger partial charge in [-0.15, -0.1) is 0 Å². The third-order valence-corrected chi connectivity index (χ3v) is 5.22. The molecule has 0 saturated heterocycles. The summed E-state index contributed by atoms with van der Waals surface area (Å²) in [5.74, 6) is 0.287. The lowest BCUT2D eigenvalue weighted by Gasteiger charge is -2.25. The molecule has 0 bridgehead atoms. The lowest BCUT2D eigenvalue weighted by molar-refractivity contribution is -0.132. The van der Waals surface area contributed by atoms with Crippen molar-refractivity contribution in [3.05, 3.63) is 71.5 Å². The van der Waals surface area contributed by atoms with Crippen molar-refractivity contribution < 1.29 is 18.7 Å². The summed E-state index contributed by atoms with van der Waals surface area (Å²) in [4.78, 5) is 14.9. The summed E-state index contributed by atoms with van der Waals surface area (Å²) in [6.45, 7) is 4.73. The molecule has 0 N–H and O–H groups in total. The molecular weight excluding hydrogens is 369 g/mol. The molecule has 0 spiro atoms. The molecule has 0 fully saturated rings. The number of ether oxygens (including phenoxy) is 2. The summed E-state index contributed by atoms with van der Waals surface area (Å²) in [6.07, 6.45) is 0. The molecule has 3 rings (SSSR count). The van der Waals surface area contributed by atoms with Crippen LogP contribution in [0.25, 0.3) is 10.8 Å². The molecule has 3 aromatic carbocycles. The van der Waals surface area contributed by atoms with Gasteiger partial charge in [0.2, 0.25) is 5.91 Å². The Morgan fingerprint density at radius 3 is 2.38 bits per heavy atom. The Morgan fingerprint density at radius 1 is 1.00 bits per heavy atom. The first-order chi connectivity index (χ1) is 14.0. The summed E-state index contributed by atoms with van der Waals surface area (Å²) in [5.41, 5.74) is 1.68. The summed E-state index contributed by atoms with van der Waals surface area (Å²) in [6, 6.07) is 16.7. The molecule has 4 nitrogen and oxygen atoms in total. The maximum atomic E-state index is 14.0. The zero-order chi connectivity index (χ0) is 21.0. The Hall–Kier alpha value is -3.08. The summed E-state index contributed by atoms with van der Waals surface area (Å²) >= 11 is 0. The minimum Gasteiger partial charge on any atom is -0.497 e. The van der Waals surface area contributed by atoms with Crippen LogP contribution in [-0.4, -0.2) is 31.6 Å². The predicted octanol–water partition coefficient (Wildman–Crippen LogP) is 5.15. The summed E-state index contributed by atoms with van der Waals surface area (Å²) in [7, 11) is 3.07. The van der Waals surface area contributed by atoms with E-state index in [9.17, 15) is 9.18 Å². The smallest absolute Gasteiger partial charge is 0.230 e. The first-order valence-corrected chi connectivity index (χ1v) is 9.65. The van der Waals surface area contributed by atoms with E-state index in [4.69, 9.17) is 9.47 Å². The van der Waals surface area contributed by atoms with Gasteiger partial charge in [0.25, 0.3) is 0 Å². The fourth-order valence-electron chi connectivity index (χ4n) is 3.43. The summed E-state index contributed by atoms with van der Waals surface area (Å²) in [5, 5.41) is 2.12. The normalized spacial score (nSPS) is 11.9. The van der Waals surface area contributed by atoms with Crippen LogP contribution in [0.1, 0.15) is 30.9 Å². The van der Waals surface area contributed by atoms with Crippen LogP contribution < -0.4 is 9.47 Å². The third-order valence-electron chi connectivity index (χ3n) is 5.22. The quantitative estimate of drug-likeness (QED) is 0.555. The van der Waals surface area contributed by atoms with Crippen LogP contribution in [0, 0.1) is 5.82 Å². The van der Waals surface area contributed by atoms with E-state index in [1.54, 1.807) is 24.1 Å². The average Bonchev–Trinajstić information content (AvgIpc) is 2.75. The molecule has 1 amide bonds. The highest BCUT2D eigenvalue weighted by atomic mass is 19.1. The molecule has 152 valence electrons. The topological polar surface area (TPSA) is 38.8 Å². The van der Waals surface area contributed by atoms with Crippen molar-refractivity contribution in [1.29, 1.82) is 0 Å². The third kappa shape index (κ3) is 4.50. The second-order valence-electron chi connectivity index (χ2n) is 7.02. The van der Waals surface area contributed by atoms with Crippen molar-refractivity contribution >= 4 is 16.7 Å². The molecule has 0 aliphatic rings. The molecule has 0 aromatic heterocycles. The van der Waals surface area contributed by atoms with E-state index in [0.29, 0.717) is 13.1 Å². The Labute approximate surface area is 170 Å². The first-order valence-electron chi connectivity index (χ1n) is 9.65. The molecule has 0 saturated carbocycles. The van der Waals surface area contributed by atoms with Crippen LogP contribution in [0.15, 0.2) is 54.6 Å². The number of likely N-dealkylation sites (N-methyl/N-ethyl adjacent to an activating group) is 1. The molecule has 1 unspecified atom stereocenters. The number of halogens is 1. The van der Waals surface area contributed by atoms with E-state index in [2.05, 4.69) is 0 Å². The van der Waals surface area contributed by atoms with Crippen molar-refractivity contribution in [2.45, 2.75) is 26.3 Å². The highest BCUT2D eigenvalue weighted by molar-refractivity contribution is 5.88. The van der Waals surface area contributed by atoms with Crippen LogP contribution in [-0.2, 0) is 11.3 Å². The predicted molar refractivity (Wildman–Crippen MR) is 113 cm³/mol. The number of carbonyl (C=O) groups excluding carboxylic acids is 1. The van der Waals surface area contributed by atoms with Crippen LogP contribution in [0.3, 0.4) is 0 Å². The fourth-order valence-corrected chi connectivity index (χ4v) is 3.43. The minimum absolute atomic E-state index is 0.0107. The number of nitrogens with zero attached hydrogens (tertiary/aromatic N) is 1. The van der Waals surface area contributed by atoms with E-state index in [0.717, 1.165) is 27.6 Å². The summed E-state index contributed by atoms with van der Waals surface area (Å²) < 4.78 is 24.2. The Kier molecular flexibility index (Phi) is 6.37. The SMILES string of the molecule is CCN(Cc1ccc(OC)c(F)c1)C(=O)C(C)c1ccc2cc(OC)ccc2c1. The van der Waals surface area contributed by atoms with Crippen molar-refractivity contribution in [2.75, 3.05) is 20.8 Å². The lowest BCUT2D eigenvalue weighted by Crippen LogP contribution is -2.33. The molecule has 0 heterocycles. The highest BCUT2D eigenvalue weighted by Gasteiger charge is 2.22. The molecule has 0 radical (unpaired) electrons. The van der Waals surface area contributed by atoms with Crippen molar-refractivity contribution in [2.24, 2.45) is 0 Å². The molecule has 1 atom stereocenters. The Bertz CT molecular complexity index is 1020. The van der Waals surface area contributed by atoms with Gasteiger partial charge in [0.05, 0.1) is 20.1 Å². The number of hydrogen-bond acceptors (Lipinski definition) is 3. The number of hydrogen-bond donors (Lipinski definition) is 0. The zero-order valence-electron chi connectivity index (χ0n) is 17.2. The minimum atomic E-state index is -0.425. The number of fused-ring (bicyclic) bond motifs is 1. The lowest BCUT2D eigenvalue weighted by atomic mass is 9.96. The van der Waals surface area contributed by atoms with E-state index in [1.807, 2.05) is 50.2 Å². The molecular formula is C24H26FNO3. The van der Waals surface area contributed by atoms with Crippen molar-refractivity contribution in [3.8, 4) is 11.5 Å². The standard InChI is InChI=1S/C24H26FNO3/c1-5-26(15-17-6-11-23(29-4)22(25)12-17)24(27)16(2)18-7-8-20-14-21(28-3)10-9-19(20)13-18/h6-14,16H,5,15H2,1-4H3. The average molecular weight is 395 g/mol. The first kappa shape index (κ1) is 20.6. The van der Waals surface area contributed by atoms with Gasteiger partial charge in [-0.1, -0.05) is 30.3 Å². The van der Waals surface area contributed by atoms with Crippen LogP contribution in [0.2, 0.25) is 0 Å². The van der Waals surface area contributed by atoms with Gasteiger partial charge >= 0.3 is 0 Å². The largest absolute Gasteiger partial charge is 0.497 e. The van der Waals surface area contributed by atoms with Crippen molar-refractivity contribution in [1.82, 2.24) is 4.90 Å². The number of amides is 1. The van der Waals surface area contributed by atoms with Gasteiger partial charge in [0, 0.05) is 13.1 Å². The van der Waals surface area contributed by atoms with Crippen LogP contribution in [0.4, 0.5) is 4.39 Å². The number of methoxy groups -OCH3 is 2. The van der Waals surface area contributed by atoms with Gasteiger partial charge < -0.3 is 14.4 Å². The van der Waals surface area contributed by atoms with Gasteiger partial charge in [-0.3, -0.25) is 4.79 Å². The van der Waals surface area contributed by atoms with Gasteiger partial charge in [-0.05, 0) is 60.0 Å². The van der Waals surface area contributed by atoms with Gasteiger partial charge in [0.1, 0.15) is 5.75 Å². The fraction of sp³-hybridized carbons (Fsp3) is 0.292. The van der Waals surface area contributed by atoms with E-state index >= 15 is 0 Å². The van der Waals surface area contributed by atoms with Crippen LogP contribution >= 0.6 is 0 Å². The van der Waals surface area contributed by atoms with Crippen LogP contribution in [0.5, 0.6) is 11.5 Å². The molecule has 0 aliphatic heterocycles. The molecule has 3 aromatic rings. The van der Waals surface area contributed by atoms with Gasteiger partial charge in [-0.25, -0.2) is 4.39 Å². The van der Waals surface area contributed by atoms with Crippen molar-refractivity contribution in [3.63, 3.8) is 0 Å². The second-order valence-corrected chi connectivity index (χ2v) is 7.02. The monoisotopic (exact) mass is 395 g/mol. The molecule has 0 aliphatic carbocycles. The van der Waals surface area contributed by atoms with E-state index in [1.165, 1.54) is 13.2 Å². The molecule has 29 heavy (non-hydrogen) atoms. The van der Waals surface area contributed by atoms with E-state index < -0.39 is 5.82 Å². The highest BCUT2D eigenvalue weighted by Crippen LogP contribution is 2.27. The Morgan fingerprint density at radius 2 is 1.72 bits per heavy atom. The second kappa shape index (κ2) is 8.95. The number of rotatable bonds is 7. The van der Waals surface area contributed by atoms with Gasteiger partial charge in [-0.2, -0.15) is 0 Å². The number of benzene rings is 3. The Balaban J connectivity index is 1.79. The maximum absolute atomic E-state index is 14.0. The van der Waals surface area contributed by atoms with E-state index in [-0.39, 0.29) is 17.6 Å². The zero-order valence-corrected chi connectivity index (χ0v) is 17.2.